The van der Waals surface area contributed by atoms with E-state index in [0.29, 0.717) is 32.6 Å². The Morgan fingerprint density at radius 1 is 1.16 bits per heavy atom. The van der Waals surface area contributed by atoms with E-state index < -0.39 is 5.97 Å². The van der Waals surface area contributed by atoms with Crippen LogP contribution in [0.25, 0.3) is 10.9 Å². The lowest BCUT2D eigenvalue weighted by atomic mass is 10.1. The summed E-state index contributed by atoms with van der Waals surface area (Å²) in [5.41, 5.74) is 2.93. The summed E-state index contributed by atoms with van der Waals surface area (Å²) in [6.07, 6.45) is 0.460. The molecule has 2 aromatic carbocycles. The standard InChI is InChI=1S/C18H13BrCl3NO2/c1-23-10(7-12-15(21)5-9(19)6-16(12)23)8-13-14(20)4-3-11(17(13)22)18(24)25-2/h3-7H,8H2,1-2H3. The maximum absolute atomic E-state index is 11.9. The number of benzene rings is 2. The molecule has 0 saturated carbocycles. The molecule has 0 fully saturated rings. The van der Waals surface area contributed by atoms with Gasteiger partial charge in [-0.1, -0.05) is 50.7 Å². The maximum atomic E-state index is 11.9. The molecule has 0 aliphatic carbocycles. The number of methoxy groups -OCH3 is 1. The third-order valence-corrected chi connectivity index (χ3v) is 5.68. The zero-order valence-corrected chi connectivity index (χ0v) is 17.2. The van der Waals surface area contributed by atoms with Crippen molar-refractivity contribution in [3.63, 3.8) is 0 Å². The number of aryl methyl sites for hydroxylation is 1. The molecule has 0 bridgehead atoms. The largest absolute Gasteiger partial charge is 0.465 e. The first kappa shape index (κ1) is 18.6. The zero-order chi connectivity index (χ0) is 18.3. The summed E-state index contributed by atoms with van der Waals surface area (Å²) in [6, 6.07) is 9.07. The molecular formula is C18H13BrCl3NO2. The van der Waals surface area contributed by atoms with Gasteiger partial charge in [-0.15, -0.1) is 0 Å². The number of esters is 1. The van der Waals surface area contributed by atoms with Crippen LogP contribution in [0.3, 0.4) is 0 Å². The molecule has 25 heavy (non-hydrogen) atoms. The molecule has 7 heteroatoms. The molecule has 3 rings (SSSR count). The van der Waals surface area contributed by atoms with Gasteiger partial charge in [0.15, 0.2) is 0 Å². The first-order valence-electron chi connectivity index (χ1n) is 7.32. The quantitative estimate of drug-likeness (QED) is 0.430. The molecular weight excluding hydrogens is 448 g/mol. The molecule has 3 aromatic rings. The SMILES string of the molecule is COC(=O)c1ccc(Cl)c(Cc2cc3c(Cl)cc(Br)cc3n2C)c1Cl. The zero-order valence-electron chi connectivity index (χ0n) is 13.4. The Morgan fingerprint density at radius 2 is 1.88 bits per heavy atom. The predicted molar refractivity (Wildman–Crippen MR) is 106 cm³/mol. The van der Waals surface area contributed by atoms with Crippen LogP contribution in [0.4, 0.5) is 0 Å². The molecule has 0 aliphatic rings. The first-order valence-corrected chi connectivity index (χ1v) is 9.24. The van der Waals surface area contributed by atoms with E-state index in [1.807, 2.05) is 29.8 Å². The lowest BCUT2D eigenvalue weighted by Crippen LogP contribution is -2.05. The van der Waals surface area contributed by atoms with Crippen LogP contribution >= 0.6 is 50.7 Å². The maximum Gasteiger partial charge on any atom is 0.339 e. The van der Waals surface area contributed by atoms with Gasteiger partial charge in [-0.2, -0.15) is 0 Å². The van der Waals surface area contributed by atoms with Gasteiger partial charge < -0.3 is 9.30 Å². The molecule has 0 saturated heterocycles. The summed E-state index contributed by atoms with van der Waals surface area (Å²) < 4.78 is 7.70. The van der Waals surface area contributed by atoms with E-state index in [-0.39, 0.29) is 0 Å². The van der Waals surface area contributed by atoms with Gasteiger partial charge in [0.2, 0.25) is 0 Å². The minimum absolute atomic E-state index is 0.295. The number of fused-ring (bicyclic) bond motifs is 1. The molecule has 0 unspecified atom stereocenters. The summed E-state index contributed by atoms with van der Waals surface area (Å²) in [7, 11) is 3.27. The highest BCUT2D eigenvalue weighted by molar-refractivity contribution is 9.10. The van der Waals surface area contributed by atoms with Crippen LogP contribution < -0.4 is 0 Å². The number of halogens is 4. The number of carbonyl (C=O) groups is 1. The number of ether oxygens (including phenoxy) is 1. The van der Waals surface area contributed by atoms with E-state index >= 15 is 0 Å². The van der Waals surface area contributed by atoms with Crippen molar-refractivity contribution in [3.8, 4) is 0 Å². The number of hydrogen-bond donors (Lipinski definition) is 0. The lowest BCUT2D eigenvalue weighted by Gasteiger charge is -2.11. The van der Waals surface area contributed by atoms with E-state index in [1.165, 1.54) is 7.11 Å². The second-order valence-corrected chi connectivity index (χ2v) is 7.68. The van der Waals surface area contributed by atoms with Crippen molar-refractivity contribution in [1.29, 1.82) is 0 Å². The number of hydrogen-bond acceptors (Lipinski definition) is 2. The average molecular weight is 462 g/mol. The van der Waals surface area contributed by atoms with Gasteiger partial charge in [0.05, 0.1) is 28.2 Å². The Labute approximate surface area is 168 Å². The highest BCUT2D eigenvalue weighted by Gasteiger charge is 2.19. The Bertz CT molecular complexity index is 998. The van der Waals surface area contributed by atoms with Gasteiger partial charge in [0, 0.05) is 34.0 Å². The van der Waals surface area contributed by atoms with Gasteiger partial charge in [-0.25, -0.2) is 4.79 Å². The van der Waals surface area contributed by atoms with Crippen LogP contribution in [0, 0.1) is 0 Å². The van der Waals surface area contributed by atoms with Crippen molar-refractivity contribution in [3.05, 3.63) is 66.7 Å². The van der Waals surface area contributed by atoms with Gasteiger partial charge in [0.25, 0.3) is 0 Å². The molecule has 0 aliphatic heterocycles. The normalized spacial score (nSPS) is 11.1. The van der Waals surface area contributed by atoms with Crippen molar-refractivity contribution >= 4 is 67.6 Å². The average Bonchev–Trinajstić information content (AvgIpc) is 2.88. The number of nitrogens with zero attached hydrogens (tertiary/aromatic N) is 1. The molecule has 0 spiro atoms. The fraction of sp³-hybridized carbons (Fsp3) is 0.167. The summed E-state index contributed by atoms with van der Waals surface area (Å²) >= 11 is 22.5. The van der Waals surface area contributed by atoms with Crippen LogP contribution in [0.5, 0.6) is 0 Å². The fourth-order valence-corrected chi connectivity index (χ4v) is 4.22. The van der Waals surface area contributed by atoms with E-state index in [0.717, 1.165) is 21.1 Å². The van der Waals surface area contributed by atoms with Crippen molar-refractivity contribution in [2.45, 2.75) is 6.42 Å². The lowest BCUT2D eigenvalue weighted by molar-refractivity contribution is 0.0601. The van der Waals surface area contributed by atoms with Crippen LogP contribution in [-0.2, 0) is 18.2 Å². The predicted octanol–water partition coefficient (Wildman–Crippen LogP) is 6.28. The van der Waals surface area contributed by atoms with Crippen molar-refractivity contribution in [2.24, 2.45) is 7.05 Å². The molecule has 0 N–H and O–H groups in total. The summed E-state index contributed by atoms with van der Waals surface area (Å²) in [6.45, 7) is 0. The Morgan fingerprint density at radius 3 is 2.56 bits per heavy atom. The van der Waals surface area contributed by atoms with Gasteiger partial charge in [-0.05, 0) is 35.9 Å². The Hall–Kier alpha value is -1.20. The van der Waals surface area contributed by atoms with Crippen LogP contribution in [0.1, 0.15) is 21.6 Å². The molecule has 0 radical (unpaired) electrons. The Balaban J connectivity index is 2.12. The second kappa shape index (κ2) is 7.20. The first-order chi connectivity index (χ1) is 11.8. The topological polar surface area (TPSA) is 31.2 Å². The minimum atomic E-state index is -0.494. The second-order valence-electron chi connectivity index (χ2n) is 5.57. The number of rotatable bonds is 3. The third kappa shape index (κ3) is 3.41. The van der Waals surface area contributed by atoms with E-state index in [4.69, 9.17) is 39.5 Å². The smallest absolute Gasteiger partial charge is 0.339 e. The number of carbonyl (C=O) groups excluding carboxylic acids is 1. The summed E-state index contributed by atoms with van der Waals surface area (Å²) in [4.78, 5) is 11.9. The monoisotopic (exact) mass is 459 g/mol. The molecule has 1 heterocycles. The van der Waals surface area contributed by atoms with Crippen molar-refractivity contribution in [2.75, 3.05) is 7.11 Å². The molecule has 130 valence electrons. The van der Waals surface area contributed by atoms with E-state index in [1.54, 1.807) is 12.1 Å². The van der Waals surface area contributed by atoms with E-state index in [9.17, 15) is 4.79 Å². The van der Waals surface area contributed by atoms with Crippen molar-refractivity contribution < 1.29 is 9.53 Å². The highest BCUT2D eigenvalue weighted by Crippen LogP contribution is 2.34. The summed E-state index contributed by atoms with van der Waals surface area (Å²) in [5, 5.41) is 2.40. The van der Waals surface area contributed by atoms with Gasteiger partial charge in [-0.3, -0.25) is 0 Å². The van der Waals surface area contributed by atoms with Gasteiger partial charge >= 0.3 is 5.97 Å². The molecule has 1 aromatic heterocycles. The molecule has 0 amide bonds. The minimum Gasteiger partial charge on any atom is -0.465 e. The number of aromatic nitrogens is 1. The van der Waals surface area contributed by atoms with Crippen LogP contribution in [-0.4, -0.2) is 17.6 Å². The van der Waals surface area contributed by atoms with E-state index in [2.05, 4.69) is 15.9 Å². The molecule has 3 nitrogen and oxygen atoms in total. The van der Waals surface area contributed by atoms with Crippen LogP contribution in [0.15, 0.2) is 34.8 Å². The van der Waals surface area contributed by atoms with Crippen molar-refractivity contribution in [1.82, 2.24) is 4.57 Å². The molecule has 0 atom stereocenters. The van der Waals surface area contributed by atoms with Gasteiger partial charge in [0.1, 0.15) is 0 Å². The third-order valence-electron chi connectivity index (χ3n) is 4.12. The highest BCUT2D eigenvalue weighted by atomic mass is 79.9. The van der Waals surface area contributed by atoms with Crippen LogP contribution in [0.2, 0.25) is 15.1 Å². The fourth-order valence-electron chi connectivity index (χ4n) is 2.79. The Kier molecular flexibility index (Phi) is 5.35. The summed E-state index contributed by atoms with van der Waals surface area (Å²) in [5.74, 6) is -0.494.